The third-order valence-electron chi connectivity index (χ3n) is 6.69. The van der Waals surface area contributed by atoms with Crippen molar-refractivity contribution in [3.8, 4) is 0 Å². The summed E-state index contributed by atoms with van der Waals surface area (Å²) in [6.45, 7) is 10.2. The first kappa shape index (κ1) is 22.3. The average Bonchev–Trinajstić information content (AvgIpc) is 3.31. The summed E-state index contributed by atoms with van der Waals surface area (Å²) in [5.74, 6) is 0.886. The maximum Gasteiger partial charge on any atom is 0.228 e. The van der Waals surface area contributed by atoms with Gasteiger partial charge in [0.25, 0.3) is 0 Å². The van der Waals surface area contributed by atoms with Gasteiger partial charge in [0.2, 0.25) is 5.91 Å². The molecule has 1 N–H and O–H groups in total. The van der Waals surface area contributed by atoms with Crippen LogP contribution in [-0.2, 0) is 17.8 Å². The molecule has 4 rings (SSSR count). The Labute approximate surface area is 190 Å². The van der Waals surface area contributed by atoms with E-state index in [0.29, 0.717) is 31.0 Å². The second-order valence-electron chi connectivity index (χ2n) is 9.49. The van der Waals surface area contributed by atoms with Gasteiger partial charge in [0.1, 0.15) is 0 Å². The van der Waals surface area contributed by atoms with Gasteiger partial charge in [-0.3, -0.25) is 9.69 Å². The van der Waals surface area contributed by atoms with Crippen molar-refractivity contribution in [2.45, 2.75) is 71.5 Å². The summed E-state index contributed by atoms with van der Waals surface area (Å²) in [4.78, 5) is 22.8. The molecule has 3 heterocycles. The third kappa shape index (κ3) is 5.66. The number of aryl methyl sites for hydroxylation is 1. The number of hydrogen-bond donors (Lipinski definition) is 1. The van der Waals surface area contributed by atoms with E-state index in [-0.39, 0.29) is 5.91 Å². The van der Waals surface area contributed by atoms with Crippen LogP contribution in [0.25, 0.3) is 0 Å². The minimum Gasteiger partial charge on any atom is -0.385 e. The molecule has 0 spiro atoms. The van der Waals surface area contributed by atoms with E-state index < -0.39 is 0 Å². The smallest absolute Gasteiger partial charge is 0.228 e. The summed E-state index contributed by atoms with van der Waals surface area (Å²) in [7, 11) is 0. The molecule has 0 saturated carbocycles. The number of fused-ring (bicyclic) bond motifs is 3. The average molecular weight is 441 g/mol. The van der Waals surface area contributed by atoms with E-state index in [1.54, 1.807) is 11.3 Å². The van der Waals surface area contributed by atoms with Crippen molar-refractivity contribution < 1.29 is 4.79 Å². The van der Waals surface area contributed by atoms with Gasteiger partial charge in [0.15, 0.2) is 0 Å². The summed E-state index contributed by atoms with van der Waals surface area (Å²) < 4.78 is 0. The lowest BCUT2D eigenvalue weighted by Crippen LogP contribution is -2.46. The van der Waals surface area contributed by atoms with Gasteiger partial charge in [0, 0.05) is 42.8 Å². The molecule has 31 heavy (non-hydrogen) atoms. The third-order valence-corrected chi connectivity index (χ3v) is 7.51. The quantitative estimate of drug-likeness (QED) is 0.731. The molecule has 2 atom stereocenters. The molecule has 2 aliphatic heterocycles. The van der Waals surface area contributed by atoms with Gasteiger partial charge in [-0.05, 0) is 56.7 Å². The molecule has 2 bridgehead atoms. The molecule has 0 aliphatic carbocycles. The van der Waals surface area contributed by atoms with E-state index in [0.717, 1.165) is 42.4 Å². The van der Waals surface area contributed by atoms with Crippen molar-refractivity contribution in [3.63, 3.8) is 0 Å². The summed E-state index contributed by atoms with van der Waals surface area (Å²) >= 11 is 1.62. The van der Waals surface area contributed by atoms with Crippen LogP contribution in [0.4, 0.5) is 5.69 Å². The Morgan fingerprint density at radius 1 is 1.23 bits per heavy atom. The molecule has 1 saturated heterocycles. The normalized spacial score (nSPS) is 22.1. The first-order chi connectivity index (χ1) is 15.0. The Morgan fingerprint density at radius 3 is 2.81 bits per heavy atom. The highest BCUT2D eigenvalue weighted by atomic mass is 32.1. The lowest BCUT2D eigenvalue weighted by atomic mass is 10.1. The van der Waals surface area contributed by atoms with Gasteiger partial charge in [-0.25, -0.2) is 4.98 Å². The molecule has 2 aromatic rings. The fourth-order valence-corrected chi connectivity index (χ4v) is 5.58. The minimum atomic E-state index is 0.187. The van der Waals surface area contributed by atoms with E-state index >= 15 is 0 Å². The number of anilines is 1. The van der Waals surface area contributed by atoms with Gasteiger partial charge in [-0.2, -0.15) is 0 Å². The highest BCUT2D eigenvalue weighted by Crippen LogP contribution is 2.30. The number of rotatable bonds is 5. The first-order valence-corrected chi connectivity index (χ1v) is 12.6. The van der Waals surface area contributed by atoms with E-state index in [9.17, 15) is 4.79 Å². The number of aromatic nitrogens is 1. The number of nitrogens with zero attached hydrogens (tertiary/aromatic N) is 3. The lowest BCUT2D eigenvalue weighted by Gasteiger charge is -2.34. The standard InChI is InChI=1S/C25H36N4OS/c1-18(2)11-13-29-22-8-9-23(29)16-28(25(30)14-21-17-31-19(3)27-21)15-20-6-4-5-7-24(20)26-12-10-22/h4-7,17-18,22-23,26H,8-16H2,1-3H3/t22-,23+/m1/s1. The van der Waals surface area contributed by atoms with Crippen molar-refractivity contribution in [3.05, 3.63) is 45.9 Å². The van der Waals surface area contributed by atoms with Gasteiger partial charge >= 0.3 is 0 Å². The maximum atomic E-state index is 13.4. The molecule has 2 aliphatic rings. The number of amides is 1. The van der Waals surface area contributed by atoms with Crippen molar-refractivity contribution in [1.82, 2.24) is 14.8 Å². The van der Waals surface area contributed by atoms with Crippen LogP contribution in [0, 0.1) is 12.8 Å². The molecule has 1 aromatic heterocycles. The second kappa shape index (κ2) is 10.1. The van der Waals surface area contributed by atoms with Crippen LogP contribution in [0.5, 0.6) is 0 Å². The Balaban J connectivity index is 1.58. The predicted octanol–water partition coefficient (Wildman–Crippen LogP) is 4.72. The van der Waals surface area contributed by atoms with Crippen LogP contribution in [0.1, 0.15) is 55.8 Å². The molecular formula is C25H36N4OS. The molecule has 0 unspecified atom stereocenters. The monoisotopic (exact) mass is 440 g/mol. The Morgan fingerprint density at radius 2 is 2.03 bits per heavy atom. The Bertz CT molecular complexity index is 880. The fourth-order valence-electron chi connectivity index (χ4n) is 4.97. The van der Waals surface area contributed by atoms with Crippen LogP contribution in [0.2, 0.25) is 0 Å². The van der Waals surface area contributed by atoms with Crippen LogP contribution in [0.3, 0.4) is 0 Å². The van der Waals surface area contributed by atoms with Crippen LogP contribution in [-0.4, -0.2) is 52.4 Å². The largest absolute Gasteiger partial charge is 0.385 e. The first-order valence-electron chi connectivity index (χ1n) is 11.8. The molecule has 0 radical (unpaired) electrons. The number of carbonyl (C=O) groups excluding carboxylic acids is 1. The van der Waals surface area contributed by atoms with E-state index in [2.05, 4.69) is 58.2 Å². The van der Waals surface area contributed by atoms with E-state index in [1.807, 2.05) is 12.3 Å². The second-order valence-corrected chi connectivity index (χ2v) is 10.5. The highest BCUT2D eigenvalue weighted by molar-refractivity contribution is 7.09. The van der Waals surface area contributed by atoms with Crippen molar-refractivity contribution in [2.75, 3.05) is 25.0 Å². The highest BCUT2D eigenvalue weighted by Gasteiger charge is 2.35. The molecule has 1 aromatic carbocycles. The maximum absolute atomic E-state index is 13.4. The molecule has 1 fully saturated rings. The van der Waals surface area contributed by atoms with Crippen molar-refractivity contribution in [1.29, 1.82) is 0 Å². The minimum absolute atomic E-state index is 0.187. The number of benzene rings is 1. The van der Waals surface area contributed by atoms with Crippen molar-refractivity contribution >= 4 is 22.9 Å². The molecular weight excluding hydrogens is 404 g/mol. The summed E-state index contributed by atoms with van der Waals surface area (Å²) in [6, 6.07) is 9.52. The van der Waals surface area contributed by atoms with E-state index in [1.165, 1.54) is 24.8 Å². The van der Waals surface area contributed by atoms with Gasteiger partial charge in [0.05, 0.1) is 17.1 Å². The van der Waals surface area contributed by atoms with E-state index in [4.69, 9.17) is 0 Å². The zero-order chi connectivity index (χ0) is 21.8. The van der Waals surface area contributed by atoms with Crippen LogP contribution < -0.4 is 5.32 Å². The predicted molar refractivity (Wildman–Crippen MR) is 128 cm³/mol. The Kier molecular flexibility index (Phi) is 7.28. The zero-order valence-electron chi connectivity index (χ0n) is 19.1. The zero-order valence-corrected chi connectivity index (χ0v) is 20.0. The van der Waals surface area contributed by atoms with Crippen LogP contribution in [0.15, 0.2) is 29.6 Å². The summed E-state index contributed by atoms with van der Waals surface area (Å²) in [5.41, 5.74) is 3.27. The lowest BCUT2D eigenvalue weighted by molar-refractivity contribution is -0.132. The number of thiazole rings is 1. The summed E-state index contributed by atoms with van der Waals surface area (Å²) in [5, 5.41) is 6.71. The molecule has 5 nitrogen and oxygen atoms in total. The summed E-state index contributed by atoms with van der Waals surface area (Å²) in [6.07, 6.45) is 5.19. The topological polar surface area (TPSA) is 48.5 Å². The van der Waals surface area contributed by atoms with Crippen LogP contribution >= 0.6 is 11.3 Å². The van der Waals surface area contributed by atoms with Crippen molar-refractivity contribution in [2.24, 2.45) is 5.92 Å². The molecule has 6 heteroatoms. The number of para-hydroxylation sites is 1. The van der Waals surface area contributed by atoms with Gasteiger partial charge < -0.3 is 10.2 Å². The number of nitrogens with one attached hydrogen (secondary N) is 1. The Hall–Kier alpha value is -1.92. The molecule has 1 amide bonds. The number of carbonyl (C=O) groups is 1. The number of hydrogen-bond acceptors (Lipinski definition) is 5. The molecule has 168 valence electrons. The fraction of sp³-hybridized carbons (Fsp3) is 0.600. The van der Waals surface area contributed by atoms with Gasteiger partial charge in [-0.15, -0.1) is 11.3 Å². The SMILES string of the molecule is Cc1nc(CC(=O)N2Cc3ccccc3NCC[C@H]3CC[C@@H](C2)N3CCC(C)C)cs1. The van der Waals surface area contributed by atoms with Gasteiger partial charge in [-0.1, -0.05) is 32.0 Å².